The van der Waals surface area contributed by atoms with Crippen LogP contribution >= 0.6 is 0 Å². The predicted molar refractivity (Wildman–Crippen MR) is 127 cm³/mol. The molecule has 180 valence electrons. The van der Waals surface area contributed by atoms with E-state index in [2.05, 4.69) is 5.32 Å². The van der Waals surface area contributed by atoms with Gasteiger partial charge in [-0.05, 0) is 68.7 Å². The summed E-state index contributed by atoms with van der Waals surface area (Å²) >= 11 is 0. The predicted octanol–water partition coefficient (Wildman–Crippen LogP) is 4.07. The van der Waals surface area contributed by atoms with E-state index in [1.807, 2.05) is 31.2 Å². The molecular formula is C24H32N2O6S. The third kappa shape index (κ3) is 6.85. The van der Waals surface area contributed by atoms with E-state index in [0.29, 0.717) is 49.9 Å². The molecule has 1 fully saturated rings. The number of nitrogens with zero attached hydrogens (tertiary/aromatic N) is 1. The maximum atomic E-state index is 13.0. The Labute approximate surface area is 195 Å². The molecule has 0 spiro atoms. The molecule has 1 heterocycles. The van der Waals surface area contributed by atoms with Gasteiger partial charge in [0, 0.05) is 19.5 Å². The molecule has 33 heavy (non-hydrogen) atoms. The summed E-state index contributed by atoms with van der Waals surface area (Å²) in [6, 6.07) is 11.9. The quantitative estimate of drug-likeness (QED) is 0.492. The number of hydrogen-bond donors (Lipinski definition) is 1. The molecule has 1 saturated heterocycles. The average molecular weight is 477 g/mol. The molecule has 2 aromatic rings. The topological polar surface area (TPSA) is 94.2 Å². The minimum Gasteiger partial charge on any atom is -0.495 e. The Bertz CT molecular complexity index is 1020. The molecule has 0 radical (unpaired) electrons. The van der Waals surface area contributed by atoms with Crippen LogP contribution in [0, 0.1) is 0 Å². The molecule has 8 nitrogen and oxygen atoms in total. The Hall–Kier alpha value is -2.78. The van der Waals surface area contributed by atoms with Gasteiger partial charge in [0.25, 0.3) is 0 Å². The van der Waals surface area contributed by atoms with Gasteiger partial charge in [0.2, 0.25) is 15.9 Å². The Morgan fingerprint density at radius 2 is 1.67 bits per heavy atom. The van der Waals surface area contributed by atoms with Crippen LogP contribution in [0.25, 0.3) is 0 Å². The number of ether oxygens (including phenoxy) is 3. The van der Waals surface area contributed by atoms with Gasteiger partial charge in [-0.25, -0.2) is 8.42 Å². The van der Waals surface area contributed by atoms with Crippen LogP contribution in [0.15, 0.2) is 47.4 Å². The lowest BCUT2D eigenvalue weighted by Gasteiger charge is -2.26. The molecule has 0 aromatic heterocycles. The van der Waals surface area contributed by atoms with Gasteiger partial charge in [-0.2, -0.15) is 4.31 Å². The molecule has 1 aliphatic rings. The standard InChI is InChI=1S/C24H32N2O6S/c1-3-31-19-9-11-20(12-10-19)32-17-7-8-24(27)25-22-18-21(13-14-23(22)30-2)33(28,29)26-15-5-4-6-16-26/h9-14,18H,3-8,15-17H2,1-2H3,(H,25,27). The van der Waals surface area contributed by atoms with Crippen molar-refractivity contribution in [2.75, 3.05) is 38.7 Å². The first-order chi connectivity index (χ1) is 15.9. The maximum Gasteiger partial charge on any atom is 0.243 e. The van der Waals surface area contributed by atoms with Crippen molar-refractivity contribution in [3.8, 4) is 17.2 Å². The first-order valence-electron chi connectivity index (χ1n) is 11.3. The van der Waals surface area contributed by atoms with E-state index in [9.17, 15) is 13.2 Å². The van der Waals surface area contributed by atoms with Gasteiger partial charge in [-0.1, -0.05) is 6.42 Å². The molecule has 0 unspecified atom stereocenters. The molecular weight excluding hydrogens is 444 g/mol. The van der Waals surface area contributed by atoms with Crippen LogP contribution in [0.1, 0.15) is 39.0 Å². The summed E-state index contributed by atoms with van der Waals surface area (Å²) in [6.07, 6.45) is 3.49. The van der Waals surface area contributed by atoms with Crippen molar-refractivity contribution in [1.82, 2.24) is 4.31 Å². The molecule has 1 amide bonds. The van der Waals surface area contributed by atoms with E-state index in [-0.39, 0.29) is 17.2 Å². The summed E-state index contributed by atoms with van der Waals surface area (Å²) in [5.74, 6) is 1.65. The summed E-state index contributed by atoms with van der Waals surface area (Å²) in [4.78, 5) is 12.6. The number of amides is 1. The number of benzene rings is 2. The smallest absolute Gasteiger partial charge is 0.243 e. The van der Waals surface area contributed by atoms with Crippen molar-refractivity contribution < 1.29 is 27.4 Å². The summed E-state index contributed by atoms with van der Waals surface area (Å²) in [5.41, 5.74) is 0.341. The van der Waals surface area contributed by atoms with Gasteiger partial charge in [-0.3, -0.25) is 4.79 Å². The van der Waals surface area contributed by atoms with Crippen molar-refractivity contribution in [1.29, 1.82) is 0 Å². The molecule has 3 rings (SSSR count). The zero-order chi connectivity index (χ0) is 23.7. The van der Waals surface area contributed by atoms with Gasteiger partial charge in [0.05, 0.1) is 30.9 Å². The lowest BCUT2D eigenvalue weighted by Crippen LogP contribution is -2.35. The zero-order valence-electron chi connectivity index (χ0n) is 19.2. The number of carbonyl (C=O) groups excluding carboxylic acids is 1. The van der Waals surface area contributed by atoms with Crippen LogP contribution in [-0.2, 0) is 14.8 Å². The Morgan fingerprint density at radius 3 is 2.30 bits per heavy atom. The lowest BCUT2D eigenvalue weighted by molar-refractivity contribution is -0.116. The van der Waals surface area contributed by atoms with Gasteiger partial charge >= 0.3 is 0 Å². The summed E-state index contributed by atoms with van der Waals surface area (Å²) < 4.78 is 43.8. The summed E-state index contributed by atoms with van der Waals surface area (Å²) in [7, 11) is -2.13. The molecule has 0 aliphatic carbocycles. The van der Waals surface area contributed by atoms with Gasteiger partial charge in [0.15, 0.2) is 0 Å². The second-order valence-corrected chi connectivity index (χ2v) is 9.67. The fraction of sp³-hybridized carbons (Fsp3) is 0.458. The minimum atomic E-state index is -3.61. The second kappa shape index (κ2) is 11.9. The molecule has 0 atom stereocenters. The molecule has 1 aliphatic heterocycles. The molecule has 1 N–H and O–H groups in total. The van der Waals surface area contributed by atoms with Crippen LogP contribution in [0.5, 0.6) is 17.2 Å². The number of piperidine rings is 1. The second-order valence-electron chi connectivity index (χ2n) is 7.73. The number of sulfonamides is 1. The summed E-state index contributed by atoms with van der Waals surface area (Å²) in [6.45, 7) is 3.94. The zero-order valence-corrected chi connectivity index (χ0v) is 20.0. The number of nitrogens with one attached hydrogen (secondary N) is 1. The highest BCUT2D eigenvalue weighted by Crippen LogP contribution is 2.30. The Morgan fingerprint density at radius 1 is 1.00 bits per heavy atom. The van der Waals surface area contributed by atoms with Crippen LogP contribution in [-0.4, -0.2) is 52.0 Å². The molecule has 0 saturated carbocycles. The highest BCUT2D eigenvalue weighted by Gasteiger charge is 2.27. The van der Waals surface area contributed by atoms with Gasteiger partial charge in [-0.15, -0.1) is 0 Å². The third-order valence-electron chi connectivity index (χ3n) is 5.35. The fourth-order valence-corrected chi connectivity index (χ4v) is 5.18. The third-order valence-corrected chi connectivity index (χ3v) is 7.24. The first-order valence-corrected chi connectivity index (χ1v) is 12.7. The molecule has 2 aromatic carbocycles. The van der Waals surface area contributed by atoms with Crippen molar-refractivity contribution in [3.05, 3.63) is 42.5 Å². The largest absolute Gasteiger partial charge is 0.495 e. The van der Waals surface area contributed by atoms with E-state index in [1.54, 1.807) is 6.07 Å². The van der Waals surface area contributed by atoms with E-state index in [4.69, 9.17) is 14.2 Å². The number of hydrogen-bond acceptors (Lipinski definition) is 6. The van der Waals surface area contributed by atoms with E-state index in [1.165, 1.54) is 23.5 Å². The van der Waals surface area contributed by atoms with Gasteiger partial charge < -0.3 is 19.5 Å². The van der Waals surface area contributed by atoms with E-state index >= 15 is 0 Å². The number of carbonyl (C=O) groups is 1. The van der Waals surface area contributed by atoms with Crippen molar-refractivity contribution in [2.24, 2.45) is 0 Å². The van der Waals surface area contributed by atoms with Crippen LogP contribution < -0.4 is 19.5 Å². The van der Waals surface area contributed by atoms with E-state index in [0.717, 1.165) is 25.0 Å². The number of anilines is 1. The highest BCUT2D eigenvalue weighted by molar-refractivity contribution is 7.89. The average Bonchev–Trinajstić information content (AvgIpc) is 2.83. The fourth-order valence-electron chi connectivity index (χ4n) is 3.63. The van der Waals surface area contributed by atoms with Crippen molar-refractivity contribution >= 4 is 21.6 Å². The lowest BCUT2D eigenvalue weighted by atomic mass is 10.2. The van der Waals surface area contributed by atoms with Crippen molar-refractivity contribution in [2.45, 2.75) is 43.9 Å². The highest BCUT2D eigenvalue weighted by atomic mass is 32.2. The summed E-state index contributed by atoms with van der Waals surface area (Å²) in [5, 5.41) is 2.78. The molecule has 0 bridgehead atoms. The normalized spacial score (nSPS) is 14.5. The van der Waals surface area contributed by atoms with Gasteiger partial charge in [0.1, 0.15) is 17.2 Å². The minimum absolute atomic E-state index is 0.152. The number of rotatable bonds is 11. The van der Waals surface area contributed by atoms with Crippen molar-refractivity contribution in [3.63, 3.8) is 0 Å². The Kier molecular flexibility index (Phi) is 8.96. The number of methoxy groups -OCH3 is 1. The molecule has 9 heteroatoms. The van der Waals surface area contributed by atoms with E-state index < -0.39 is 10.0 Å². The monoisotopic (exact) mass is 476 g/mol. The maximum absolute atomic E-state index is 13.0. The Balaban J connectivity index is 1.55. The SMILES string of the molecule is CCOc1ccc(OCCCC(=O)Nc2cc(S(=O)(=O)N3CCCCC3)ccc2OC)cc1. The van der Waals surface area contributed by atoms with Crippen LogP contribution in [0.4, 0.5) is 5.69 Å². The van der Waals surface area contributed by atoms with Crippen LogP contribution in [0.2, 0.25) is 0 Å². The first kappa shape index (κ1) is 24.9. The van der Waals surface area contributed by atoms with Crippen LogP contribution in [0.3, 0.4) is 0 Å².